The lowest BCUT2D eigenvalue weighted by molar-refractivity contribution is 0.499. The Morgan fingerprint density at radius 1 is 1.29 bits per heavy atom. The van der Waals surface area contributed by atoms with Crippen molar-refractivity contribution in [2.75, 3.05) is 17.8 Å². The van der Waals surface area contributed by atoms with Crippen molar-refractivity contribution in [1.82, 2.24) is 15.3 Å². The molecular formula is C9H13BrN4O2S. The van der Waals surface area contributed by atoms with E-state index in [1.54, 1.807) is 0 Å². The predicted molar refractivity (Wildman–Crippen MR) is 68.2 cm³/mol. The molecule has 0 saturated carbocycles. The smallest absolute Gasteiger partial charge is 0.236 e. The number of aromatic nitrogens is 2. The Morgan fingerprint density at radius 3 is 2.59 bits per heavy atom. The van der Waals surface area contributed by atoms with Crippen LogP contribution in [0.2, 0.25) is 0 Å². The van der Waals surface area contributed by atoms with Crippen LogP contribution in [0.25, 0.3) is 0 Å². The fourth-order valence-electron chi connectivity index (χ4n) is 1.70. The number of rotatable bonds is 3. The molecule has 2 N–H and O–H groups in total. The van der Waals surface area contributed by atoms with Crippen LogP contribution in [0.15, 0.2) is 17.0 Å². The first-order valence-electron chi connectivity index (χ1n) is 5.28. The first-order chi connectivity index (χ1) is 8.08. The summed E-state index contributed by atoms with van der Waals surface area (Å²) in [6.45, 7) is 1.47. The zero-order valence-electron chi connectivity index (χ0n) is 9.06. The summed E-state index contributed by atoms with van der Waals surface area (Å²) in [5, 5.41) is 2.78. The summed E-state index contributed by atoms with van der Waals surface area (Å²) in [6.07, 6.45) is 4.10. The van der Waals surface area contributed by atoms with Gasteiger partial charge in [-0.05, 0) is 41.9 Å². The summed E-state index contributed by atoms with van der Waals surface area (Å²) in [5.41, 5.74) is 0. The average Bonchev–Trinajstić information content (AvgIpc) is 2.33. The summed E-state index contributed by atoms with van der Waals surface area (Å²) >= 11 is 3.14. The van der Waals surface area contributed by atoms with Crippen molar-refractivity contribution in [3.05, 3.63) is 17.0 Å². The molecule has 0 atom stereocenters. The van der Waals surface area contributed by atoms with Gasteiger partial charge in [-0.3, -0.25) is 4.72 Å². The highest BCUT2D eigenvalue weighted by molar-refractivity contribution is 9.10. The van der Waals surface area contributed by atoms with Gasteiger partial charge in [-0.25, -0.2) is 18.4 Å². The average molecular weight is 321 g/mol. The van der Waals surface area contributed by atoms with E-state index in [2.05, 4.69) is 35.9 Å². The summed E-state index contributed by atoms with van der Waals surface area (Å²) < 4.78 is 27.1. The fourth-order valence-corrected chi connectivity index (χ4v) is 3.32. The molecule has 1 aliphatic rings. The van der Waals surface area contributed by atoms with Crippen LogP contribution < -0.4 is 10.0 Å². The number of hydrogen-bond donors (Lipinski definition) is 2. The first-order valence-corrected chi connectivity index (χ1v) is 7.62. The predicted octanol–water partition coefficient (Wildman–Crippen LogP) is 0.733. The number of anilines is 1. The molecule has 8 heteroatoms. The molecule has 1 fully saturated rings. The van der Waals surface area contributed by atoms with Crippen molar-refractivity contribution in [1.29, 1.82) is 0 Å². The Balaban J connectivity index is 2.08. The fraction of sp³-hybridized carbons (Fsp3) is 0.556. The molecule has 2 heterocycles. The molecule has 1 saturated heterocycles. The Bertz CT molecular complexity index is 470. The van der Waals surface area contributed by atoms with Crippen molar-refractivity contribution in [2.24, 2.45) is 0 Å². The molecule has 1 aromatic rings. The van der Waals surface area contributed by atoms with Crippen molar-refractivity contribution in [3.8, 4) is 0 Å². The Kier molecular flexibility index (Phi) is 3.95. The first kappa shape index (κ1) is 12.7. The van der Waals surface area contributed by atoms with Crippen LogP contribution in [0.1, 0.15) is 12.8 Å². The van der Waals surface area contributed by atoms with Gasteiger partial charge in [-0.15, -0.1) is 0 Å². The lowest BCUT2D eigenvalue weighted by Gasteiger charge is -2.22. The number of nitrogens with one attached hydrogen (secondary N) is 2. The van der Waals surface area contributed by atoms with Crippen LogP contribution >= 0.6 is 15.9 Å². The Hall–Kier alpha value is -0.730. The molecule has 1 aliphatic heterocycles. The second-order valence-electron chi connectivity index (χ2n) is 3.82. The van der Waals surface area contributed by atoms with Gasteiger partial charge in [0, 0.05) is 0 Å². The molecule has 0 radical (unpaired) electrons. The zero-order valence-corrected chi connectivity index (χ0v) is 11.5. The van der Waals surface area contributed by atoms with E-state index in [0.717, 1.165) is 13.1 Å². The molecule has 0 aliphatic carbocycles. The third-order valence-electron chi connectivity index (χ3n) is 2.59. The molecule has 2 rings (SSSR count). The van der Waals surface area contributed by atoms with E-state index >= 15 is 0 Å². The minimum atomic E-state index is -3.36. The lowest BCUT2D eigenvalue weighted by Crippen LogP contribution is -2.38. The SMILES string of the molecule is O=S(=O)(Nc1cnc(Br)cn1)C1CCNCC1. The quantitative estimate of drug-likeness (QED) is 0.858. The van der Waals surface area contributed by atoms with Crippen LogP contribution in [0.3, 0.4) is 0 Å². The molecule has 0 amide bonds. The number of nitrogens with zero attached hydrogens (tertiary/aromatic N) is 2. The van der Waals surface area contributed by atoms with E-state index in [1.807, 2.05) is 0 Å². The van der Waals surface area contributed by atoms with Gasteiger partial charge < -0.3 is 5.32 Å². The standard InChI is InChI=1S/C9H13BrN4O2S/c10-8-5-13-9(6-12-8)14-17(15,16)7-1-3-11-4-2-7/h5-7,11H,1-4H2,(H,13,14). The summed E-state index contributed by atoms with van der Waals surface area (Å²) in [5.74, 6) is 0.256. The summed E-state index contributed by atoms with van der Waals surface area (Å²) in [6, 6.07) is 0. The van der Waals surface area contributed by atoms with Gasteiger partial charge in [0.15, 0.2) is 5.82 Å². The van der Waals surface area contributed by atoms with Crippen LogP contribution in [-0.4, -0.2) is 36.7 Å². The zero-order chi connectivity index (χ0) is 12.3. The summed E-state index contributed by atoms with van der Waals surface area (Å²) in [7, 11) is -3.36. The highest BCUT2D eigenvalue weighted by atomic mass is 79.9. The minimum Gasteiger partial charge on any atom is -0.317 e. The Labute approximate surface area is 108 Å². The van der Waals surface area contributed by atoms with Crippen LogP contribution in [0.4, 0.5) is 5.82 Å². The maximum absolute atomic E-state index is 12.0. The lowest BCUT2D eigenvalue weighted by atomic mass is 10.2. The second kappa shape index (κ2) is 5.28. The number of piperidine rings is 1. The molecule has 1 aromatic heterocycles. The van der Waals surface area contributed by atoms with Crippen LogP contribution in [0, 0.1) is 0 Å². The topological polar surface area (TPSA) is 84.0 Å². The van der Waals surface area contributed by atoms with E-state index in [9.17, 15) is 8.42 Å². The molecule has 94 valence electrons. The maximum Gasteiger partial charge on any atom is 0.236 e. The van der Waals surface area contributed by atoms with E-state index in [4.69, 9.17) is 0 Å². The monoisotopic (exact) mass is 320 g/mol. The van der Waals surface area contributed by atoms with Gasteiger partial charge in [0.05, 0.1) is 17.6 Å². The van der Waals surface area contributed by atoms with Gasteiger partial charge in [0.2, 0.25) is 10.0 Å². The highest BCUT2D eigenvalue weighted by Gasteiger charge is 2.27. The van der Waals surface area contributed by atoms with Gasteiger partial charge in [-0.2, -0.15) is 0 Å². The van der Waals surface area contributed by atoms with Crippen LogP contribution in [-0.2, 0) is 10.0 Å². The second-order valence-corrected chi connectivity index (χ2v) is 6.59. The van der Waals surface area contributed by atoms with Crippen molar-refractivity contribution in [2.45, 2.75) is 18.1 Å². The third kappa shape index (κ3) is 3.36. The van der Waals surface area contributed by atoms with Gasteiger partial charge in [0.1, 0.15) is 4.60 Å². The molecule has 17 heavy (non-hydrogen) atoms. The largest absolute Gasteiger partial charge is 0.317 e. The molecule has 0 aromatic carbocycles. The number of sulfonamides is 1. The van der Waals surface area contributed by atoms with E-state index in [1.165, 1.54) is 12.4 Å². The highest BCUT2D eigenvalue weighted by Crippen LogP contribution is 2.16. The Morgan fingerprint density at radius 2 is 2.00 bits per heavy atom. The van der Waals surface area contributed by atoms with Crippen LogP contribution in [0.5, 0.6) is 0 Å². The maximum atomic E-state index is 12.0. The van der Waals surface area contributed by atoms with E-state index in [0.29, 0.717) is 17.4 Å². The van der Waals surface area contributed by atoms with Crippen molar-refractivity contribution >= 4 is 31.8 Å². The summed E-state index contributed by atoms with van der Waals surface area (Å²) in [4.78, 5) is 7.87. The molecule has 0 unspecified atom stereocenters. The van der Waals surface area contributed by atoms with Crippen molar-refractivity contribution < 1.29 is 8.42 Å². The molecular weight excluding hydrogens is 308 g/mol. The van der Waals surface area contributed by atoms with Gasteiger partial charge in [0.25, 0.3) is 0 Å². The van der Waals surface area contributed by atoms with Gasteiger partial charge in [-0.1, -0.05) is 0 Å². The van der Waals surface area contributed by atoms with E-state index < -0.39 is 10.0 Å². The third-order valence-corrected chi connectivity index (χ3v) is 4.84. The number of halogens is 1. The minimum absolute atomic E-state index is 0.256. The molecule has 6 nitrogen and oxygen atoms in total. The van der Waals surface area contributed by atoms with Crippen molar-refractivity contribution in [3.63, 3.8) is 0 Å². The molecule has 0 bridgehead atoms. The van der Waals surface area contributed by atoms with Gasteiger partial charge >= 0.3 is 0 Å². The molecule has 0 spiro atoms. The van der Waals surface area contributed by atoms with E-state index in [-0.39, 0.29) is 11.1 Å². The normalized spacial score (nSPS) is 17.9. The number of hydrogen-bond acceptors (Lipinski definition) is 5.